The highest BCUT2D eigenvalue weighted by molar-refractivity contribution is 6.09. The molecule has 0 aromatic heterocycles. The van der Waals surface area contributed by atoms with Gasteiger partial charge in [-0.05, 0) is 55.6 Å². The Hall–Kier alpha value is -3.83. The molecule has 3 N–H and O–H groups in total. The molecule has 0 heterocycles. The maximum absolute atomic E-state index is 12.6. The van der Waals surface area contributed by atoms with E-state index >= 15 is 0 Å². The lowest BCUT2D eigenvalue weighted by molar-refractivity contribution is 0.0913. The molecule has 156 valence electrons. The summed E-state index contributed by atoms with van der Waals surface area (Å²) in [5.74, 6) is 0.766. The summed E-state index contributed by atoms with van der Waals surface area (Å²) in [5.41, 5.74) is 0.782. The summed E-state index contributed by atoms with van der Waals surface area (Å²) >= 11 is 0. The van der Waals surface area contributed by atoms with E-state index in [9.17, 15) is 4.79 Å². The van der Waals surface area contributed by atoms with Crippen molar-refractivity contribution >= 4 is 11.7 Å². The second-order valence-corrected chi connectivity index (χ2v) is 6.30. The first-order valence-electron chi connectivity index (χ1n) is 9.17. The van der Waals surface area contributed by atoms with Crippen molar-refractivity contribution in [1.82, 2.24) is 10.6 Å². The first-order chi connectivity index (χ1) is 14.4. The Kier molecular flexibility index (Phi) is 8.41. The average molecular weight is 408 g/mol. The highest BCUT2D eigenvalue weighted by Crippen LogP contribution is 2.28. The highest BCUT2D eigenvalue weighted by atomic mass is 16.5. The smallest absolute Gasteiger partial charge is 0.257 e. The molecular weight excluding hydrogens is 384 g/mol. The van der Waals surface area contributed by atoms with Crippen LogP contribution in [-0.4, -0.2) is 38.6 Å². The van der Waals surface area contributed by atoms with Gasteiger partial charge in [-0.1, -0.05) is 0 Å². The van der Waals surface area contributed by atoms with E-state index in [2.05, 4.69) is 10.6 Å². The fraction of sp³-hybridized carbons (Fsp3) is 0.227. The predicted molar refractivity (Wildman–Crippen MR) is 113 cm³/mol. The zero-order chi connectivity index (χ0) is 21.9. The first-order valence-corrected chi connectivity index (χ1v) is 9.17. The molecule has 8 heteroatoms. The number of hydrogen-bond donors (Lipinski definition) is 3. The lowest BCUT2D eigenvalue weighted by atomic mass is 10.1. The van der Waals surface area contributed by atoms with Gasteiger partial charge in [-0.3, -0.25) is 10.2 Å². The van der Waals surface area contributed by atoms with E-state index in [0.717, 1.165) is 0 Å². The maximum atomic E-state index is 12.6. The standard InChI is InChI=1S/C22H24N4O4/c1-15(14-28-3)29-19-10-17(22(27)26-21(24)8-9-25-2)11-20(12-19)30-18-6-4-16(13-23)5-7-18/h4-12,15,25H,14H2,1-3H3,(H2,24,26,27)/b9-8-/t15-/m0/s1. The molecular formula is C22H24N4O4. The summed E-state index contributed by atoms with van der Waals surface area (Å²) in [6, 6.07) is 13.4. The van der Waals surface area contributed by atoms with Crippen LogP contribution in [0.1, 0.15) is 22.8 Å². The largest absolute Gasteiger partial charge is 0.488 e. The van der Waals surface area contributed by atoms with Crippen LogP contribution in [0.5, 0.6) is 17.2 Å². The number of nitriles is 1. The van der Waals surface area contributed by atoms with E-state index in [1.54, 1.807) is 56.6 Å². The van der Waals surface area contributed by atoms with Crippen molar-refractivity contribution in [1.29, 1.82) is 10.7 Å². The number of nitrogens with one attached hydrogen (secondary N) is 3. The number of nitrogens with zero attached hydrogens (tertiary/aromatic N) is 1. The van der Waals surface area contributed by atoms with Crippen LogP contribution in [0, 0.1) is 16.7 Å². The van der Waals surface area contributed by atoms with Crippen LogP contribution in [0.25, 0.3) is 0 Å². The molecule has 0 unspecified atom stereocenters. The molecule has 0 radical (unpaired) electrons. The molecule has 0 aliphatic carbocycles. The van der Waals surface area contributed by atoms with Crippen molar-refractivity contribution in [3.8, 4) is 23.3 Å². The Bertz CT molecular complexity index is 949. The van der Waals surface area contributed by atoms with E-state index < -0.39 is 5.91 Å². The van der Waals surface area contributed by atoms with Gasteiger partial charge in [0.05, 0.1) is 18.2 Å². The Morgan fingerprint density at radius 2 is 1.90 bits per heavy atom. The molecule has 1 atom stereocenters. The minimum absolute atomic E-state index is 0.0667. The number of hydrogen-bond acceptors (Lipinski definition) is 7. The number of amides is 1. The van der Waals surface area contributed by atoms with Gasteiger partial charge in [0.2, 0.25) is 0 Å². The van der Waals surface area contributed by atoms with Gasteiger partial charge >= 0.3 is 0 Å². The molecule has 8 nitrogen and oxygen atoms in total. The Morgan fingerprint density at radius 3 is 2.53 bits per heavy atom. The molecule has 1 amide bonds. The van der Waals surface area contributed by atoms with Crippen LogP contribution in [-0.2, 0) is 4.74 Å². The number of carbonyl (C=O) groups is 1. The van der Waals surface area contributed by atoms with E-state index in [-0.39, 0.29) is 17.5 Å². The third kappa shape index (κ3) is 6.96. The molecule has 2 aromatic carbocycles. The average Bonchev–Trinajstić information content (AvgIpc) is 2.72. The molecule has 0 bridgehead atoms. The van der Waals surface area contributed by atoms with Gasteiger partial charge in [-0.2, -0.15) is 5.26 Å². The zero-order valence-electron chi connectivity index (χ0n) is 17.1. The number of methoxy groups -OCH3 is 1. The maximum Gasteiger partial charge on any atom is 0.257 e. The van der Waals surface area contributed by atoms with Gasteiger partial charge in [0.15, 0.2) is 0 Å². The van der Waals surface area contributed by atoms with Gasteiger partial charge in [-0.15, -0.1) is 0 Å². The number of amidine groups is 1. The quantitative estimate of drug-likeness (QED) is 0.433. The molecule has 0 aliphatic heterocycles. The zero-order valence-corrected chi connectivity index (χ0v) is 17.1. The van der Waals surface area contributed by atoms with Crippen molar-refractivity contribution in [2.75, 3.05) is 20.8 Å². The Morgan fingerprint density at radius 1 is 1.20 bits per heavy atom. The van der Waals surface area contributed by atoms with Gasteiger partial charge in [0.25, 0.3) is 5.91 Å². The number of benzene rings is 2. The van der Waals surface area contributed by atoms with Gasteiger partial charge in [-0.25, -0.2) is 0 Å². The number of carbonyl (C=O) groups excluding carboxylic acids is 1. The highest BCUT2D eigenvalue weighted by Gasteiger charge is 2.14. The molecule has 2 rings (SSSR count). The molecule has 0 saturated carbocycles. The molecule has 0 fully saturated rings. The normalized spacial score (nSPS) is 11.4. The lowest BCUT2D eigenvalue weighted by Gasteiger charge is -2.16. The Balaban J connectivity index is 2.29. The van der Waals surface area contributed by atoms with Crippen LogP contribution in [0.3, 0.4) is 0 Å². The van der Waals surface area contributed by atoms with Crippen LogP contribution in [0.4, 0.5) is 0 Å². The fourth-order valence-corrected chi connectivity index (χ4v) is 2.47. The second kappa shape index (κ2) is 11.2. The van der Waals surface area contributed by atoms with Crippen LogP contribution in [0.2, 0.25) is 0 Å². The monoisotopic (exact) mass is 408 g/mol. The SMILES string of the molecule is CN/C=C\C(=N)NC(=O)c1cc(Oc2ccc(C#N)cc2)cc(O[C@@H](C)COC)c1. The summed E-state index contributed by atoms with van der Waals surface area (Å²) in [7, 11) is 3.27. The first kappa shape index (κ1) is 22.5. The molecule has 0 saturated heterocycles. The number of ether oxygens (including phenoxy) is 3. The number of rotatable bonds is 9. The van der Waals surface area contributed by atoms with Crippen molar-refractivity contribution in [3.63, 3.8) is 0 Å². The summed E-state index contributed by atoms with van der Waals surface area (Å²) in [6.45, 7) is 2.22. The predicted octanol–water partition coefficient (Wildman–Crippen LogP) is 3.20. The fourth-order valence-electron chi connectivity index (χ4n) is 2.47. The summed E-state index contributed by atoms with van der Waals surface area (Å²) in [6.07, 6.45) is 2.72. The van der Waals surface area contributed by atoms with E-state index in [4.69, 9.17) is 24.9 Å². The van der Waals surface area contributed by atoms with Gasteiger partial charge in [0, 0.05) is 25.8 Å². The van der Waals surface area contributed by atoms with Crippen molar-refractivity contribution in [2.24, 2.45) is 0 Å². The third-order valence-electron chi connectivity index (χ3n) is 3.76. The minimum Gasteiger partial charge on any atom is -0.488 e. The van der Waals surface area contributed by atoms with Crippen LogP contribution >= 0.6 is 0 Å². The molecule has 30 heavy (non-hydrogen) atoms. The second-order valence-electron chi connectivity index (χ2n) is 6.30. The van der Waals surface area contributed by atoms with Crippen LogP contribution < -0.4 is 20.1 Å². The van der Waals surface area contributed by atoms with Crippen molar-refractivity contribution in [3.05, 3.63) is 65.9 Å². The Labute approximate surface area is 175 Å². The molecule has 0 aliphatic rings. The summed E-state index contributed by atoms with van der Waals surface area (Å²) < 4.78 is 16.8. The van der Waals surface area contributed by atoms with E-state index in [0.29, 0.717) is 29.4 Å². The van der Waals surface area contributed by atoms with E-state index in [1.165, 1.54) is 12.3 Å². The minimum atomic E-state index is -0.477. The summed E-state index contributed by atoms with van der Waals surface area (Å²) in [4.78, 5) is 12.6. The third-order valence-corrected chi connectivity index (χ3v) is 3.76. The van der Waals surface area contributed by atoms with Crippen molar-refractivity contribution < 1.29 is 19.0 Å². The lowest BCUT2D eigenvalue weighted by Crippen LogP contribution is -2.28. The molecule has 0 spiro atoms. The van der Waals surface area contributed by atoms with Crippen molar-refractivity contribution in [2.45, 2.75) is 13.0 Å². The van der Waals surface area contributed by atoms with Gasteiger partial charge in [0.1, 0.15) is 29.2 Å². The van der Waals surface area contributed by atoms with Crippen LogP contribution in [0.15, 0.2) is 54.7 Å². The summed E-state index contributed by atoms with van der Waals surface area (Å²) in [5, 5.41) is 22.0. The van der Waals surface area contributed by atoms with E-state index in [1.807, 2.05) is 13.0 Å². The topological polar surface area (TPSA) is 116 Å². The van der Waals surface area contributed by atoms with Gasteiger partial charge < -0.3 is 24.8 Å². The molecule has 2 aromatic rings.